The lowest BCUT2D eigenvalue weighted by molar-refractivity contribution is -0.118. The first-order valence-electron chi connectivity index (χ1n) is 5.65. The van der Waals surface area contributed by atoms with Crippen molar-refractivity contribution in [2.45, 2.75) is 13.3 Å². The topological polar surface area (TPSA) is 65.1 Å². The fourth-order valence-corrected chi connectivity index (χ4v) is 1.89. The van der Waals surface area contributed by atoms with Crippen LogP contribution in [0.15, 0.2) is 24.4 Å². The van der Waals surface area contributed by atoms with Crippen molar-refractivity contribution in [1.82, 2.24) is 10.3 Å². The van der Waals surface area contributed by atoms with Crippen LogP contribution in [0.3, 0.4) is 0 Å². The van der Waals surface area contributed by atoms with E-state index >= 15 is 0 Å². The second kappa shape index (κ2) is 5.06. The number of hydrogen-bond donors (Lipinski definition) is 3. The van der Waals surface area contributed by atoms with Gasteiger partial charge in [-0.3, -0.25) is 4.79 Å². The van der Waals surface area contributed by atoms with Crippen molar-refractivity contribution in [2.24, 2.45) is 0 Å². The molecule has 17 heavy (non-hydrogen) atoms. The van der Waals surface area contributed by atoms with Gasteiger partial charge in [-0.1, -0.05) is 12.1 Å². The standard InChI is InChI=1S/C12H15BN2O2/c1-8(16)14-5-4-9-2-3-12-10(6-9)11(13-17)7-15-12/h2-3,6-7,13,15,17H,4-5H2,1H3,(H,14,16). The average Bonchev–Trinajstić information content (AvgIpc) is 2.70. The van der Waals surface area contributed by atoms with Crippen LogP contribution in [0.25, 0.3) is 10.9 Å². The molecule has 0 aliphatic heterocycles. The Hall–Kier alpha value is -1.75. The Kier molecular flexibility index (Phi) is 3.49. The number of fused-ring (bicyclic) bond motifs is 1. The molecule has 1 aromatic carbocycles. The van der Waals surface area contributed by atoms with Gasteiger partial charge in [0.2, 0.25) is 5.91 Å². The summed E-state index contributed by atoms with van der Waals surface area (Å²) in [4.78, 5) is 13.9. The third kappa shape index (κ3) is 2.68. The lowest BCUT2D eigenvalue weighted by Gasteiger charge is -2.03. The van der Waals surface area contributed by atoms with Gasteiger partial charge in [0.15, 0.2) is 0 Å². The minimum absolute atomic E-state index is 0.0104. The van der Waals surface area contributed by atoms with E-state index in [-0.39, 0.29) is 13.4 Å². The van der Waals surface area contributed by atoms with Crippen molar-refractivity contribution in [1.29, 1.82) is 0 Å². The van der Waals surface area contributed by atoms with Crippen LogP contribution in [-0.4, -0.2) is 29.9 Å². The highest BCUT2D eigenvalue weighted by atomic mass is 16.2. The largest absolute Gasteiger partial charge is 0.449 e. The van der Waals surface area contributed by atoms with Crippen molar-refractivity contribution >= 4 is 29.8 Å². The predicted molar refractivity (Wildman–Crippen MR) is 69.7 cm³/mol. The third-order valence-corrected chi connectivity index (χ3v) is 2.79. The maximum Gasteiger partial charge on any atom is 0.306 e. The first kappa shape index (κ1) is 11.7. The molecule has 2 aromatic rings. The van der Waals surface area contributed by atoms with E-state index in [2.05, 4.69) is 16.4 Å². The molecule has 2 rings (SSSR count). The van der Waals surface area contributed by atoms with Crippen LogP contribution >= 0.6 is 0 Å². The molecular formula is C12H15BN2O2. The maximum absolute atomic E-state index is 10.8. The van der Waals surface area contributed by atoms with E-state index in [1.807, 2.05) is 18.3 Å². The average molecular weight is 230 g/mol. The number of aromatic amines is 1. The van der Waals surface area contributed by atoms with E-state index in [0.717, 1.165) is 28.4 Å². The molecule has 4 nitrogen and oxygen atoms in total. The van der Waals surface area contributed by atoms with Crippen LogP contribution in [0, 0.1) is 0 Å². The minimum atomic E-state index is -0.0104. The van der Waals surface area contributed by atoms with Crippen molar-refractivity contribution in [2.75, 3.05) is 6.54 Å². The lowest BCUT2D eigenvalue weighted by Crippen LogP contribution is -2.22. The number of rotatable bonds is 4. The summed E-state index contributed by atoms with van der Waals surface area (Å²) in [6, 6.07) is 6.08. The molecule has 0 aliphatic rings. The highest BCUT2D eigenvalue weighted by Gasteiger charge is 2.04. The summed E-state index contributed by atoms with van der Waals surface area (Å²) in [7, 11) is 0.0369. The second-order valence-corrected chi connectivity index (χ2v) is 4.08. The number of benzene rings is 1. The van der Waals surface area contributed by atoms with Gasteiger partial charge in [0, 0.05) is 19.0 Å². The normalized spacial score (nSPS) is 10.5. The molecule has 0 radical (unpaired) electrons. The number of carbonyl (C=O) groups excluding carboxylic acids is 1. The summed E-state index contributed by atoms with van der Waals surface area (Å²) in [5.41, 5.74) is 3.08. The van der Waals surface area contributed by atoms with Gasteiger partial charge >= 0.3 is 7.48 Å². The fraction of sp³-hybridized carbons (Fsp3) is 0.250. The van der Waals surface area contributed by atoms with E-state index in [4.69, 9.17) is 0 Å². The number of H-pyrrole nitrogens is 1. The quantitative estimate of drug-likeness (QED) is 0.637. The third-order valence-electron chi connectivity index (χ3n) is 2.79. The van der Waals surface area contributed by atoms with Crippen LogP contribution < -0.4 is 10.8 Å². The molecule has 0 saturated heterocycles. The van der Waals surface area contributed by atoms with Crippen LogP contribution in [0.5, 0.6) is 0 Å². The molecule has 88 valence electrons. The van der Waals surface area contributed by atoms with Crippen molar-refractivity contribution < 1.29 is 9.82 Å². The molecule has 1 aromatic heterocycles. The fourth-order valence-electron chi connectivity index (χ4n) is 1.89. The molecular weight excluding hydrogens is 215 g/mol. The Morgan fingerprint density at radius 2 is 2.35 bits per heavy atom. The van der Waals surface area contributed by atoms with E-state index in [0.29, 0.717) is 6.54 Å². The summed E-state index contributed by atoms with van der Waals surface area (Å²) in [6.45, 7) is 2.15. The van der Waals surface area contributed by atoms with Crippen LogP contribution in [0.2, 0.25) is 0 Å². The summed E-state index contributed by atoms with van der Waals surface area (Å²) in [6.07, 6.45) is 2.62. The monoisotopic (exact) mass is 230 g/mol. The summed E-state index contributed by atoms with van der Waals surface area (Å²) >= 11 is 0. The van der Waals surface area contributed by atoms with Gasteiger partial charge in [0.1, 0.15) is 0 Å². The molecule has 0 fully saturated rings. The van der Waals surface area contributed by atoms with Crippen LogP contribution in [0.1, 0.15) is 12.5 Å². The molecule has 0 aliphatic carbocycles. The Balaban J connectivity index is 2.15. The zero-order valence-electron chi connectivity index (χ0n) is 9.79. The van der Waals surface area contributed by atoms with Gasteiger partial charge in [-0.15, -0.1) is 0 Å². The number of hydrogen-bond acceptors (Lipinski definition) is 2. The molecule has 0 bridgehead atoms. The summed E-state index contributed by atoms with van der Waals surface area (Å²) in [5.74, 6) is -0.0104. The van der Waals surface area contributed by atoms with Crippen molar-refractivity contribution in [3.05, 3.63) is 30.0 Å². The zero-order chi connectivity index (χ0) is 12.3. The minimum Gasteiger partial charge on any atom is -0.449 e. The summed E-state index contributed by atoms with van der Waals surface area (Å²) < 4.78 is 0. The number of nitrogens with one attached hydrogen (secondary N) is 2. The molecule has 1 amide bonds. The zero-order valence-corrected chi connectivity index (χ0v) is 9.79. The van der Waals surface area contributed by atoms with Gasteiger partial charge in [-0.25, -0.2) is 0 Å². The van der Waals surface area contributed by atoms with Gasteiger partial charge in [-0.2, -0.15) is 0 Å². The van der Waals surface area contributed by atoms with Crippen LogP contribution in [-0.2, 0) is 11.2 Å². The van der Waals surface area contributed by atoms with Gasteiger partial charge in [0.25, 0.3) is 0 Å². The van der Waals surface area contributed by atoms with Gasteiger partial charge < -0.3 is 15.3 Å². The molecule has 0 unspecified atom stereocenters. The smallest absolute Gasteiger partial charge is 0.306 e. The second-order valence-electron chi connectivity index (χ2n) is 4.08. The Bertz CT molecular complexity index is 536. The Labute approximate surface area is 100 Å². The van der Waals surface area contributed by atoms with E-state index in [1.165, 1.54) is 6.92 Å². The number of aromatic nitrogens is 1. The highest BCUT2D eigenvalue weighted by molar-refractivity contribution is 6.50. The summed E-state index contributed by atoms with van der Waals surface area (Å²) in [5, 5.41) is 13.0. The van der Waals surface area contributed by atoms with Gasteiger partial charge in [0.05, 0.1) is 0 Å². The number of amides is 1. The van der Waals surface area contributed by atoms with Crippen LogP contribution in [0.4, 0.5) is 0 Å². The molecule has 0 spiro atoms. The maximum atomic E-state index is 10.8. The van der Waals surface area contributed by atoms with E-state index in [1.54, 1.807) is 0 Å². The molecule has 0 atom stereocenters. The Morgan fingerprint density at radius 1 is 1.53 bits per heavy atom. The van der Waals surface area contributed by atoms with Crippen molar-refractivity contribution in [3.8, 4) is 0 Å². The van der Waals surface area contributed by atoms with Crippen molar-refractivity contribution in [3.63, 3.8) is 0 Å². The number of carbonyl (C=O) groups is 1. The molecule has 5 heteroatoms. The SMILES string of the molecule is CC(=O)NCCc1ccc2[nH]cc(BO)c2c1. The highest BCUT2D eigenvalue weighted by Crippen LogP contribution is 2.12. The Morgan fingerprint density at radius 3 is 3.06 bits per heavy atom. The predicted octanol–water partition coefficient (Wildman–Crippen LogP) is -0.184. The first-order chi connectivity index (χ1) is 8.20. The lowest BCUT2D eigenvalue weighted by atomic mass is 9.88. The first-order valence-corrected chi connectivity index (χ1v) is 5.65. The van der Waals surface area contributed by atoms with E-state index in [9.17, 15) is 9.82 Å². The molecule has 3 N–H and O–H groups in total. The van der Waals surface area contributed by atoms with Gasteiger partial charge in [-0.05, 0) is 35.1 Å². The van der Waals surface area contributed by atoms with E-state index < -0.39 is 0 Å². The molecule has 0 saturated carbocycles. The molecule has 1 heterocycles.